The second-order valence-electron chi connectivity index (χ2n) is 2.79. The summed E-state index contributed by atoms with van der Waals surface area (Å²) >= 11 is 5.62. The zero-order valence-corrected chi connectivity index (χ0v) is 8.72. The second-order valence-corrected chi connectivity index (χ2v) is 3.12. The van der Waals surface area contributed by atoms with Gasteiger partial charge in [-0.15, -0.1) is 0 Å². The van der Waals surface area contributed by atoms with E-state index in [2.05, 4.69) is 14.7 Å². The monoisotopic (exact) mass is 242 g/mol. The van der Waals surface area contributed by atoms with E-state index in [0.29, 0.717) is 0 Å². The predicted octanol–water partition coefficient (Wildman–Crippen LogP) is 1.20. The SMILES string of the molecule is Cc1nc(Cl)[n+](C)c(OCC(F)(F)F)n1. The predicted molar refractivity (Wildman–Crippen MR) is 44.5 cm³/mol. The lowest BCUT2D eigenvalue weighted by Gasteiger charge is -2.06. The first-order chi connectivity index (χ1) is 6.79. The van der Waals surface area contributed by atoms with Crippen LogP contribution in [0.2, 0.25) is 5.28 Å². The van der Waals surface area contributed by atoms with E-state index >= 15 is 0 Å². The van der Waals surface area contributed by atoms with Gasteiger partial charge in [-0.3, -0.25) is 0 Å². The molecule has 1 aromatic heterocycles. The molecule has 0 aliphatic rings. The first-order valence-corrected chi connectivity index (χ1v) is 4.27. The van der Waals surface area contributed by atoms with Gasteiger partial charge in [0, 0.05) is 6.92 Å². The molecule has 84 valence electrons. The topological polar surface area (TPSA) is 38.9 Å². The molecule has 1 heterocycles. The molecule has 0 unspecified atom stereocenters. The molecule has 15 heavy (non-hydrogen) atoms. The highest BCUT2D eigenvalue weighted by molar-refractivity contribution is 6.27. The fourth-order valence-corrected chi connectivity index (χ4v) is 0.996. The van der Waals surface area contributed by atoms with Crippen LogP contribution < -0.4 is 9.30 Å². The van der Waals surface area contributed by atoms with Crippen LogP contribution >= 0.6 is 11.6 Å². The summed E-state index contributed by atoms with van der Waals surface area (Å²) in [6, 6.07) is -0.218. The molecule has 0 spiro atoms. The molecule has 0 saturated carbocycles. The van der Waals surface area contributed by atoms with E-state index in [-0.39, 0.29) is 17.1 Å². The van der Waals surface area contributed by atoms with Crippen molar-refractivity contribution in [1.29, 1.82) is 0 Å². The molecule has 0 aliphatic carbocycles. The number of hydrogen-bond donors (Lipinski definition) is 0. The minimum atomic E-state index is -4.40. The molecule has 8 heteroatoms. The third kappa shape index (κ3) is 3.50. The Hall–Kier alpha value is -1.11. The molecule has 0 saturated heterocycles. The highest BCUT2D eigenvalue weighted by Crippen LogP contribution is 2.15. The Morgan fingerprint density at radius 1 is 1.40 bits per heavy atom. The highest BCUT2D eigenvalue weighted by atomic mass is 35.5. The van der Waals surface area contributed by atoms with Crippen molar-refractivity contribution < 1.29 is 22.5 Å². The summed E-state index contributed by atoms with van der Waals surface area (Å²) in [5.74, 6) is 0.246. The van der Waals surface area contributed by atoms with Gasteiger partial charge in [-0.05, 0) is 16.6 Å². The van der Waals surface area contributed by atoms with Crippen molar-refractivity contribution in [3.05, 3.63) is 11.1 Å². The molecule has 0 amide bonds. The lowest BCUT2D eigenvalue weighted by Crippen LogP contribution is -2.36. The Morgan fingerprint density at radius 2 is 2.00 bits per heavy atom. The Labute approximate surface area is 88.7 Å². The van der Waals surface area contributed by atoms with Gasteiger partial charge >= 0.3 is 17.5 Å². The summed E-state index contributed by atoms with van der Waals surface area (Å²) in [7, 11) is 1.41. The summed E-state index contributed by atoms with van der Waals surface area (Å²) in [4.78, 5) is 7.42. The van der Waals surface area contributed by atoms with Crippen LogP contribution in [0, 0.1) is 6.92 Å². The van der Waals surface area contributed by atoms with E-state index in [1.54, 1.807) is 0 Å². The molecule has 0 aliphatic heterocycles. The van der Waals surface area contributed by atoms with Gasteiger partial charge in [0.15, 0.2) is 6.61 Å². The summed E-state index contributed by atoms with van der Waals surface area (Å²) in [6.07, 6.45) is -4.40. The van der Waals surface area contributed by atoms with Crippen molar-refractivity contribution >= 4 is 11.6 Å². The number of alkyl halides is 3. The van der Waals surface area contributed by atoms with Crippen molar-refractivity contribution in [2.45, 2.75) is 13.1 Å². The maximum atomic E-state index is 11.9. The van der Waals surface area contributed by atoms with Gasteiger partial charge in [0.25, 0.3) is 5.82 Å². The van der Waals surface area contributed by atoms with Crippen LogP contribution in [-0.4, -0.2) is 22.8 Å². The average molecular weight is 243 g/mol. The summed E-state index contributed by atoms with van der Waals surface area (Å²) < 4.78 is 41.2. The fourth-order valence-electron chi connectivity index (χ4n) is 0.801. The zero-order chi connectivity index (χ0) is 11.6. The molecule has 0 bridgehead atoms. The summed E-state index contributed by atoms with van der Waals surface area (Å²) in [5, 5.41) is 0.0136. The lowest BCUT2D eigenvalue weighted by atomic mass is 10.7. The molecule has 0 N–H and O–H groups in total. The third-order valence-corrected chi connectivity index (χ3v) is 1.78. The van der Waals surface area contributed by atoms with Crippen LogP contribution in [0.15, 0.2) is 0 Å². The molecule has 0 radical (unpaired) electrons. The van der Waals surface area contributed by atoms with E-state index in [9.17, 15) is 13.2 Å². The Bertz CT molecular complexity index is 369. The lowest BCUT2D eigenvalue weighted by molar-refractivity contribution is -0.681. The van der Waals surface area contributed by atoms with Gasteiger partial charge in [-0.2, -0.15) is 17.7 Å². The Morgan fingerprint density at radius 3 is 2.53 bits per heavy atom. The van der Waals surface area contributed by atoms with Crippen LogP contribution in [-0.2, 0) is 7.05 Å². The van der Waals surface area contributed by atoms with Gasteiger partial charge < -0.3 is 4.74 Å². The van der Waals surface area contributed by atoms with E-state index in [1.807, 2.05) is 0 Å². The Kier molecular flexibility index (Phi) is 3.33. The van der Waals surface area contributed by atoms with Crippen molar-refractivity contribution in [2.24, 2.45) is 7.05 Å². The maximum Gasteiger partial charge on any atom is 0.438 e. The highest BCUT2D eigenvalue weighted by Gasteiger charge is 2.30. The van der Waals surface area contributed by atoms with Crippen molar-refractivity contribution in [1.82, 2.24) is 9.97 Å². The normalized spacial score (nSPS) is 11.6. The number of rotatable bonds is 2. The van der Waals surface area contributed by atoms with E-state index in [1.165, 1.54) is 14.0 Å². The third-order valence-electron chi connectivity index (χ3n) is 1.44. The van der Waals surface area contributed by atoms with Crippen LogP contribution in [0.1, 0.15) is 5.82 Å². The van der Waals surface area contributed by atoms with Crippen LogP contribution in [0.25, 0.3) is 0 Å². The van der Waals surface area contributed by atoms with Crippen molar-refractivity contribution in [2.75, 3.05) is 6.61 Å². The molecule has 0 fully saturated rings. The van der Waals surface area contributed by atoms with Gasteiger partial charge in [-0.25, -0.2) is 0 Å². The minimum Gasteiger partial charge on any atom is -0.431 e. The summed E-state index contributed by atoms with van der Waals surface area (Å²) in [6.45, 7) is 0.0972. The van der Waals surface area contributed by atoms with Crippen molar-refractivity contribution in [3.8, 4) is 6.01 Å². The van der Waals surface area contributed by atoms with Gasteiger partial charge in [0.05, 0.1) is 7.05 Å². The average Bonchev–Trinajstić information content (AvgIpc) is 2.07. The van der Waals surface area contributed by atoms with E-state index in [4.69, 9.17) is 11.6 Å². The van der Waals surface area contributed by atoms with Crippen LogP contribution in [0.4, 0.5) is 13.2 Å². The van der Waals surface area contributed by atoms with Crippen LogP contribution in [0.3, 0.4) is 0 Å². The van der Waals surface area contributed by atoms with Gasteiger partial charge in [0.2, 0.25) is 0 Å². The number of aromatic nitrogens is 3. The number of aryl methyl sites for hydroxylation is 1. The molecule has 1 aromatic rings. The largest absolute Gasteiger partial charge is 0.438 e. The zero-order valence-electron chi connectivity index (χ0n) is 7.97. The second kappa shape index (κ2) is 4.18. The van der Waals surface area contributed by atoms with Gasteiger partial charge in [0.1, 0.15) is 0 Å². The van der Waals surface area contributed by atoms with Crippen molar-refractivity contribution in [3.63, 3.8) is 0 Å². The molecule has 0 aromatic carbocycles. The number of hydrogen-bond acceptors (Lipinski definition) is 3. The van der Waals surface area contributed by atoms with Gasteiger partial charge in [-0.1, -0.05) is 4.98 Å². The van der Waals surface area contributed by atoms with E-state index < -0.39 is 12.8 Å². The fraction of sp³-hybridized carbons (Fsp3) is 0.571. The number of halogens is 4. The van der Waals surface area contributed by atoms with Crippen LogP contribution in [0.5, 0.6) is 6.01 Å². The Balaban J connectivity index is 2.86. The molecule has 0 atom stereocenters. The number of ether oxygens (including phenoxy) is 1. The first-order valence-electron chi connectivity index (χ1n) is 3.89. The standard InChI is InChI=1S/C7H8ClF3N3O/c1-4-12-5(8)14(2)6(13-4)15-3-7(9,10)11/h3H2,1-2H3/q+1. The summed E-state index contributed by atoms with van der Waals surface area (Å²) in [5.41, 5.74) is 0. The first kappa shape index (κ1) is 12.0. The quantitative estimate of drug-likeness (QED) is 0.732. The van der Waals surface area contributed by atoms with E-state index in [0.717, 1.165) is 4.57 Å². The molecular weight excluding hydrogens is 235 g/mol. The maximum absolute atomic E-state index is 11.9. The molecular formula is C7H8ClF3N3O+. The molecule has 1 rings (SSSR count). The number of nitrogens with zero attached hydrogens (tertiary/aromatic N) is 3. The minimum absolute atomic E-state index is 0.0136. The molecule has 4 nitrogen and oxygen atoms in total. The smallest absolute Gasteiger partial charge is 0.431 e.